The highest BCUT2D eigenvalue weighted by atomic mass is 16.7. The lowest BCUT2D eigenvalue weighted by atomic mass is 9.33. The normalized spacial score (nSPS) is 54.5. The number of carbonyl (C=O) groups excluding carboxylic acids is 2. The van der Waals surface area contributed by atoms with E-state index in [9.17, 15) is 70.6 Å². The average molecular weight is 971 g/mol. The Morgan fingerprint density at radius 2 is 1.35 bits per heavy atom. The SMILES string of the molecule is C[C@@H]1O[C@@H](O[C@@H]2[C@@H](O)[C@H](O[C@H]3[C@@H](O)C[C@]4(C)[C@H]5CC=C6[C@@H]7CC(C)(C)CC[C@]7(C(=O)O[C@@H]7O[C@H](CO)[C@@H](O)[C@H](O)[C@H]7O)CC[C@@]6(C)[C@]5(C)CC[C@H]4[C@]3(C)C=O)O[C@H](C(=O)O)[C@H]2O)[C@H](O)[C@H](O)[C@H]1O. The summed E-state index contributed by atoms with van der Waals surface area (Å²) >= 11 is 0. The number of allylic oxidation sites excluding steroid dienone is 2. The molecule has 20 heteroatoms. The number of aliphatic carboxylic acids is 1. The first-order valence-electron chi connectivity index (χ1n) is 24.3. The topological polar surface area (TPSA) is 329 Å². The second-order valence-corrected chi connectivity index (χ2v) is 23.3. The molecular weight excluding hydrogens is 897 g/mol. The molecule has 68 heavy (non-hydrogen) atoms. The number of aliphatic hydroxyl groups is 10. The van der Waals surface area contributed by atoms with Crippen LogP contribution in [-0.2, 0) is 42.8 Å². The number of hydrogen-bond donors (Lipinski definition) is 11. The van der Waals surface area contributed by atoms with Crippen LogP contribution < -0.4 is 0 Å². The molecule has 0 aromatic carbocycles. The molecule has 0 bridgehead atoms. The third-order valence-corrected chi connectivity index (χ3v) is 19.2. The van der Waals surface area contributed by atoms with Gasteiger partial charge in [-0.25, -0.2) is 4.79 Å². The molecule has 20 nitrogen and oxygen atoms in total. The van der Waals surface area contributed by atoms with E-state index < -0.39 is 156 Å². The largest absolute Gasteiger partial charge is 0.479 e. The summed E-state index contributed by atoms with van der Waals surface area (Å²) in [6.07, 6.45) is -20.6. The molecule has 5 aliphatic carbocycles. The van der Waals surface area contributed by atoms with Gasteiger partial charge in [-0.15, -0.1) is 0 Å². The van der Waals surface area contributed by atoms with Crippen LogP contribution in [0, 0.1) is 50.2 Å². The minimum absolute atomic E-state index is 0.0958. The summed E-state index contributed by atoms with van der Waals surface area (Å²) in [5, 5.41) is 118. The number of rotatable bonds is 9. The quantitative estimate of drug-likeness (QED) is 0.0595. The van der Waals surface area contributed by atoms with Gasteiger partial charge in [0.2, 0.25) is 6.29 Å². The van der Waals surface area contributed by atoms with Crippen molar-refractivity contribution >= 4 is 18.2 Å². The van der Waals surface area contributed by atoms with Crippen molar-refractivity contribution < 1.29 is 99.0 Å². The zero-order valence-electron chi connectivity index (χ0n) is 39.9. The second kappa shape index (κ2) is 18.0. The van der Waals surface area contributed by atoms with Crippen LogP contribution in [0.25, 0.3) is 0 Å². The van der Waals surface area contributed by atoms with E-state index in [1.54, 1.807) is 6.92 Å². The van der Waals surface area contributed by atoms with Gasteiger partial charge in [-0.2, -0.15) is 0 Å². The predicted molar refractivity (Wildman–Crippen MR) is 231 cm³/mol. The van der Waals surface area contributed by atoms with Gasteiger partial charge in [-0.3, -0.25) is 4.79 Å². The number of hydrogen-bond acceptors (Lipinski definition) is 19. The summed E-state index contributed by atoms with van der Waals surface area (Å²) in [5.74, 6) is -2.99. The van der Waals surface area contributed by atoms with Gasteiger partial charge < -0.3 is 89.4 Å². The molecular formula is C48H74O20. The third kappa shape index (κ3) is 7.86. The number of aldehydes is 1. The molecule has 386 valence electrons. The molecule has 0 unspecified atom stereocenters. The van der Waals surface area contributed by atoms with E-state index in [4.69, 9.17) is 28.4 Å². The molecule has 7 fully saturated rings. The number of ether oxygens (including phenoxy) is 6. The fourth-order valence-electron chi connectivity index (χ4n) is 15.0. The fourth-order valence-corrected chi connectivity index (χ4v) is 15.0. The van der Waals surface area contributed by atoms with E-state index in [0.717, 1.165) is 18.3 Å². The van der Waals surface area contributed by atoms with E-state index >= 15 is 0 Å². The summed E-state index contributed by atoms with van der Waals surface area (Å²) in [6.45, 7) is 13.4. The Morgan fingerprint density at radius 3 is 2.00 bits per heavy atom. The molecule has 0 aromatic heterocycles. The van der Waals surface area contributed by atoms with Crippen LogP contribution in [0.2, 0.25) is 0 Å². The van der Waals surface area contributed by atoms with E-state index in [2.05, 4.69) is 40.7 Å². The number of carbonyl (C=O) groups is 3. The van der Waals surface area contributed by atoms with Crippen LogP contribution in [-0.4, -0.2) is 185 Å². The van der Waals surface area contributed by atoms with Crippen molar-refractivity contribution in [1.82, 2.24) is 0 Å². The lowest BCUT2D eigenvalue weighted by molar-refractivity contribution is -0.366. The van der Waals surface area contributed by atoms with Gasteiger partial charge in [0, 0.05) is 0 Å². The monoisotopic (exact) mass is 970 g/mol. The van der Waals surface area contributed by atoms with Crippen LogP contribution >= 0.6 is 0 Å². The average Bonchev–Trinajstić information content (AvgIpc) is 3.27. The number of esters is 1. The molecule has 0 aromatic rings. The van der Waals surface area contributed by atoms with Gasteiger partial charge in [0.05, 0.1) is 35.7 Å². The van der Waals surface area contributed by atoms with Crippen molar-refractivity contribution in [3.63, 3.8) is 0 Å². The fraction of sp³-hybridized carbons (Fsp3) is 0.896. The summed E-state index contributed by atoms with van der Waals surface area (Å²) < 4.78 is 34.8. The Bertz CT molecular complexity index is 1950. The van der Waals surface area contributed by atoms with Gasteiger partial charge in [0.1, 0.15) is 67.3 Å². The highest BCUT2D eigenvalue weighted by Crippen LogP contribution is 2.76. The number of fused-ring (bicyclic) bond motifs is 7. The Labute approximate surface area is 395 Å². The van der Waals surface area contributed by atoms with Crippen LogP contribution in [0.5, 0.6) is 0 Å². The van der Waals surface area contributed by atoms with Crippen molar-refractivity contribution in [3.05, 3.63) is 11.6 Å². The van der Waals surface area contributed by atoms with Crippen LogP contribution in [0.3, 0.4) is 0 Å². The molecule has 8 aliphatic rings. The summed E-state index contributed by atoms with van der Waals surface area (Å²) in [5.41, 5.74) is -3.01. The molecule has 25 atom stereocenters. The Kier molecular flexibility index (Phi) is 13.8. The lowest BCUT2D eigenvalue weighted by Gasteiger charge is -2.71. The minimum Gasteiger partial charge on any atom is -0.479 e. The van der Waals surface area contributed by atoms with Gasteiger partial charge in [-0.1, -0.05) is 53.2 Å². The maximum atomic E-state index is 14.7. The molecule has 4 saturated carbocycles. The first kappa shape index (κ1) is 52.1. The molecule has 3 saturated heterocycles. The van der Waals surface area contributed by atoms with E-state index in [1.165, 1.54) is 6.92 Å². The Hall–Kier alpha value is -2.25. The van der Waals surface area contributed by atoms with Gasteiger partial charge in [0.15, 0.2) is 18.7 Å². The molecule has 0 radical (unpaired) electrons. The first-order valence-corrected chi connectivity index (χ1v) is 24.3. The molecule has 0 amide bonds. The maximum absolute atomic E-state index is 14.7. The van der Waals surface area contributed by atoms with Crippen molar-refractivity contribution in [1.29, 1.82) is 0 Å². The van der Waals surface area contributed by atoms with Crippen molar-refractivity contribution in [2.75, 3.05) is 6.61 Å². The standard InChI is InChI=1S/C48H74O20/c1-20-27(52)29(54)31(56)39(63-20)65-35-33(58)36(38(60)61)66-41(34(35)59)67-37-23(51)17-44(4)25(45(37,5)19-50)10-11-47(7)26(44)9-8-21-22-16-43(2,3)12-14-48(22,15-13-46(21,47)6)42(62)68-40-32(57)30(55)28(53)24(18-49)64-40/h8,19-20,22-37,39-41,49,51-59H,9-18H2,1-7H3,(H,60,61)/t20-,22-,23-,24+,25+,26+,27-,28+,29+,30-,31+,32+,33-,34+,35-,36-,37-,39-,40-,41-,44-,45-,46+,47+,48-/m0/s1. The Morgan fingerprint density at radius 1 is 0.721 bits per heavy atom. The highest BCUT2D eigenvalue weighted by Gasteiger charge is 2.72. The van der Waals surface area contributed by atoms with Gasteiger partial charge >= 0.3 is 11.9 Å². The molecule has 0 spiro atoms. The van der Waals surface area contributed by atoms with Crippen molar-refractivity contribution in [2.24, 2.45) is 50.2 Å². The van der Waals surface area contributed by atoms with E-state index in [-0.39, 0.29) is 23.7 Å². The Balaban J connectivity index is 1.06. The summed E-state index contributed by atoms with van der Waals surface area (Å²) in [4.78, 5) is 40.7. The number of carboxylic acids is 1. The lowest BCUT2D eigenvalue weighted by Crippen LogP contribution is -2.69. The molecule has 8 rings (SSSR count). The smallest absolute Gasteiger partial charge is 0.335 e. The number of aliphatic hydroxyl groups excluding tert-OH is 10. The number of carboxylic acid groups (broad SMARTS) is 1. The second-order valence-electron chi connectivity index (χ2n) is 23.3. The van der Waals surface area contributed by atoms with Gasteiger partial charge in [0.25, 0.3) is 0 Å². The highest BCUT2D eigenvalue weighted by molar-refractivity contribution is 5.79. The molecule has 3 heterocycles. The first-order chi connectivity index (χ1) is 31.7. The molecule has 3 aliphatic heterocycles. The molecule has 11 N–H and O–H groups in total. The summed E-state index contributed by atoms with van der Waals surface area (Å²) in [7, 11) is 0. The maximum Gasteiger partial charge on any atom is 0.335 e. The van der Waals surface area contributed by atoms with Crippen molar-refractivity contribution in [2.45, 2.75) is 211 Å². The van der Waals surface area contributed by atoms with Gasteiger partial charge in [-0.05, 0) is 104 Å². The van der Waals surface area contributed by atoms with Crippen LogP contribution in [0.4, 0.5) is 0 Å². The van der Waals surface area contributed by atoms with Crippen LogP contribution in [0.15, 0.2) is 11.6 Å². The zero-order valence-corrected chi connectivity index (χ0v) is 39.9. The van der Waals surface area contributed by atoms with E-state index in [0.29, 0.717) is 44.9 Å². The zero-order chi connectivity index (χ0) is 50.0. The summed E-state index contributed by atoms with van der Waals surface area (Å²) in [6, 6.07) is 0. The van der Waals surface area contributed by atoms with E-state index in [1.807, 2.05) is 0 Å². The third-order valence-electron chi connectivity index (χ3n) is 19.2. The van der Waals surface area contributed by atoms with Crippen LogP contribution in [0.1, 0.15) is 106 Å². The van der Waals surface area contributed by atoms with Crippen molar-refractivity contribution in [3.8, 4) is 0 Å². The minimum atomic E-state index is -2.05. The predicted octanol–water partition coefficient (Wildman–Crippen LogP) is -0.590.